The lowest BCUT2D eigenvalue weighted by Gasteiger charge is -2.37. The van der Waals surface area contributed by atoms with Crippen LogP contribution < -0.4 is 4.74 Å². The van der Waals surface area contributed by atoms with Crippen LogP contribution in [0.15, 0.2) is 48.5 Å². The topological polar surface area (TPSA) is 137 Å². The Morgan fingerprint density at radius 3 is 2.33 bits per heavy atom. The maximum absolute atomic E-state index is 12.4. The Bertz CT molecular complexity index is 794. The zero-order valence-corrected chi connectivity index (χ0v) is 14.2. The lowest BCUT2D eigenvalue weighted by atomic mass is 10.0. The lowest BCUT2D eigenvalue weighted by molar-refractivity contribution is -0.321. The summed E-state index contributed by atoms with van der Waals surface area (Å²) in [5, 5.41) is 48.6. The summed E-state index contributed by atoms with van der Waals surface area (Å²) in [6.07, 6.45) is -8.05. The van der Waals surface area contributed by atoms with Crippen LogP contribution in [-0.4, -0.2) is 62.2 Å². The van der Waals surface area contributed by atoms with Crippen molar-refractivity contribution in [3.05, 3.63) is 59.7 Å². The standard InChI is InChI=1S/C19H20O8/c20-13(8-10-4-2-1-3-5-10)12-7-6-11(9-14(12)21)26-19-17(24)15(22)16(23)18(25)27-19/h1-7,9,15-19,21-25H,8H2. The summed E-state index contributed by atoms with van der Waals surface area (Å²) in [6, 6.07) is 13.0. The fourth-order valence-electron chi connectivity index (χ4n) is 2.76. The lowest BCUT2D eigenvalue weighted by Crippen LogP contribution is -2.59. The quantitative estimate of drug-likeness (QED) is 0.458. The highest BCUT2D eigenvalue weighted by atomic mass is 16.7. The molecular formula is C19H20O8. The number of phenols is 1. The number of hydrogen-bond acceptors (Lipinski definition) is 8. The van der Waals surface area contributed by atoms with Crippen LogP contribution in [0.25, 0.3) is 0 Å². The average molecular weight is 376 g/mol. The summed E-state index contributed by atoms with van der Waals surface area (Å²) in [7, 11) is 0. The van der Waals surface area contributed by atoms with Crippen LogP contribution >= 0.6 is 0 Å². The number of aromatic hydroxyl groups is 1. The summed E-state index contributed by atoms with van der Waals surface area (Å²) in [5.74, 6) is -0.559. The smallest absolute Gasteiger partial charge is 0.231 e. The van der Waals surface area contributed by atoms with Crippen molar-refractivity contribution in [1.82, 2.24) is 0 Å². The minimum Gasteiger partial charge on any atom is -0.507 e. The van der Waals surface area contributed by atoms with Gasteiger partial charge in [-0.3, -0.25) is 4.79 Å². The Balaban J connectivity index is 1.70. The van der Waals surface area contributed by atoms with Gasteiger partial charge < -0.3 is 35.0 Å². The molecule has 0 saturated carbocycles. The van der Waals surface area contributed by atoms with Crippen molar-refractivity contribution in [2.45, 2.75) is 37.3 Å². The van der Waals surface area contributed by atoms with E-state index in [0.29, 0.717) is 0 Å². The second kappa shape index (κ2) is 8.03. The first kappa shape index (κ1) is 19.3. The molecule has 144 valence electrons. The summed E-state index contributed by atoms with van der Waals surface area (Å²) in [5.41, 5.74) is 0.911. The molecule has 1 fully saturated rings. The maximum atomic E-state index is 12.4. The van der Waals surface area contributed by atoms with E-state index in [4.69, 9.17) is 9.47 Å². The Morgan fingerprint density at radius 2 is 1.67 bits per heavy atom. The van der Waals surface area contributed by atoms with Crippen molar-refractivity contribution < 1.29 is 39.8 Å². The van der Waals surface area contributed by atoms with E-state index in [1.165, 1.54) is 12.1 Å². The van der Waals surface area contributed by atoms with Gasteiger partial charge in [-0.05, 0) is 17.7 Å². The summed E-state index contributed by atoms with van der Waals surface area (Å²) < 4.78 is 10.2. The van der Waals surface area contributed by atoms with Crippen molar-refractivity contribution >= 4 is 5.78 Å². The van der Waals surface area contributed by atoms with Gasteiger partial charge in [0.15, 0.2) is 12.1 Å². The molecular weight excluding hydrogens is 356 g/mol. The molecule has 8 heteroatoms. The van der Waals surface area contributed by atoms with Crippen molar-refractivity contribution in [3.63, 3.8) is 0 Å². The molecule has 0 bridgehead atoms. The summed E-state index contributed by atoms with van der Waals surface area (Å²) in [6.45, 7) is 0. The van der Waals surface area contributed by atoms with Crippen molar-refractivity contribution in [1.29, 1.82) is 0 Å². The van der Waals surface area contributed by atoms with Crippen LogP contribution in [0.1, 0.15) is 15.9 Å². The minimum absolute atomic E-state index is 0.0450. The van der Waals surface area contributed by atoms with Gasteiger partial charge in [-0.1, -0.05) is 30.3 Å². The van der Waals surface area contributed by atoms with Gasteiger partial charge in [-0.2, -0.15) is 0 Å². The number of aliphatic hydroxyl groups is 4. The number of carbonyl (C=O) groups is 1. The molecule has 5 N–H and O–H groups in total. The molecule has 27 heavy (non-hydrogen) atoms. The van der Waals surface area contributed by atoms with Crippen molar-refractivity contribution in [2.75, 3.05) is 0 Å². The molecule has 0 aromatic heterocycles. The zero-order chi connectivity index (χ0) is 19.6. The molecule has 2 aromatic carbocycles. The number of Topliss-reactive ketones (excluding diaryl/α,β-unsaturated/α-hetero) is 1. The van der Waals surface area contributed by atoms with Gasteiger partial charge in [-0.25, -0.2) is 0 Å². The van der Waals surface area contributed by atoms with Crippen LogP contribution in [-0.2, 0) is 11.2 Å². The van der Waals surface area contributed by atoms with E-state index in [9.17, 15) is 30.3 Å². The molecule has 1 heterocycles. The molecule has 0 spiro atoms. The molecule has 8 nitrogen and oxygen atoms in total. The predicted molar refractivity (Wildman–Crippen MR) is 92.1 cm³/mol. The fourth-order valence-corrected chi connectivity index (χ4v) is 2.76. The van der Waals surface area contributed by atoms with Gasteiger partial charge in [0, 0.05) is 12.5 Å². The van der Waals surface area contributed by atoms with Gasteiger partial charge in [-0.15, -0.1) is 0 Å². The third kappa shape index (κ3) is 4.26. The Hall–Kier alpha value is -2.49. The molecule has 5 atom stereocenters. The van der Waals surface area contributed by atoms with Crippen LogP contribution in [0.2, 0.25) is 0 Å². The van der Waals surface area contributed by atoms with E-state index in [0.717, 1.165) is 11.6 Å². The highest BCUT2D eigenvalue weighted by Gasteiger charge is 2.44. The number of carbonyl (C=O) groups excluding carboxylic acids is 1. The first-order valence-electron chi connectivity index (χ1n) is 8.31. The molecule has 1 saturated heterocycles. The number of ether oxygens (including phenoxy) is 2. The van der Waals surface area contributed by atoms with Crippen LogP contribution in [0.3, 0.4) is 0 Å². The molecule has 3 rings (SSSR count). The van der Waals surface area contributed by atoms with Crippen LogP contribution in [0.4, 0.5) is 0 Å². The van der Waals surface area contributed by atoms with E-state index < -0.39 is 30.9 Å². The first-order valence-corrected chi connectivity index (χ1v) is 8.31. The predicted octanol–water partition coefficient (Wildman–Crippen LogP) is -0.0462. The third-order valence-corrected chi connectivity index (χ3v) is 4.27. The third-order valence-electron chi connectivity index (χ3n) is 4.27. The first-order chi connectivity index (χ1) is 12.9. The highest BCUT2D eigenvalue weighted by Crippen LogP contribution is 2.28. The van der Waals surface area contributed by atoms with E-state index in [-0.39, 0.29) is 29.3 Å². The zero-order valence-electron chi connectivity index (χ0n) is 14.2. The number of ketones is 1. The number of aliphatic hydroxyl groups excluding tert-OH is 4. The van der Waals surface area contributed by atoms with Gasteiger partial charge in [0.2, 0.25) is 6.29 Å². The SMILES string of the molecule is O=C(Cc1ccccc1)c1ccc(OC2OC(O)C(O)C(O)C2O)cc1O. The minimum atomic E-state index is -1.74. The van der Waals surface area contributed by atoms with E-state index in [2.05, 4.69) is 0 Å². The Labute approximate surface area is 154 Å². The van der Waals surface area contributed by atoms with Gasteiger partial charge in [0.25, 0.3) is 0 Å². The number of hydrogen-bond donors (Lipinski definition) is 5. The Morgan fingerprint density at radius 1 is 0.963 bits per heavy atom. The Kier molecular flexibility index (Phi) is 5.73. The second-order valence-electron chi connectivity index (χ2n) is 6.25. The largest absolute Gasteiger partial charge is 0.507 e. The highest BCUT2D eigenvalue weighted by molar-refractivity contribution is 6.00. The maximum Gasteiger partial charge on any atom is 0.231 e. The van der Waals surface area contributed by atoms with Crippen LogP contribution in [0.5, 0.6) is 11.5 Å². The number of benzene rings is 2. The number of rotatable bonds is 5. The molecule has 0 radical (unpaired) electrons. The molecule has 0 amide bonds. The van der Waals surface area contributed by atoms with Crippen molar-refractivity contribution in [2.24, 2.45) is 0 Å². The van der Waals surface area contributed by atoms with Gasteiger partial charge in [0.1, 0.15) is 29.8 Å². The molecule has 1 aliphatic heterocycles. The average Bonchev–Trinajstić information content (AvgIpc) is 2.65. The van der Waals surface area contributed by atoms with E-state index in [1.807, 2.05) is 18.2 Å². The van der Waals surface area contributed by atoms with Gasteiger partial charge in [0.05, 0.1) is 5.56 Å². The summed E-state index contributed by atoms with van der Waals surface area (Å²) >= 11 is 0. The monoisotopic (exact) mass is 376 g/mol. The number of phenolic OH excluding ortho intramolecular Hbond substituents is 1. The van der Waals surface area contributed by atoms with Crippen molar-refractivity contribution in [3.8, 4) is 11.5 Å². The van der Waals surface area contributed by atoms with E-state index >= 15 is 0 Å². The molecule has 5 unspecified atom stereocenters. The van der Waals surface area contributed by atoms with Crippen LogP contribution in [0, 0.1) is 0 Å². The van der Waals surface area contributed by atoms with E-state index in [1.54, 1.807) is 12.1 Å². The normalized spacial score (nSPS) is 27.9. The molecule has 2 aromatic rings. The molecule has 1 aliphatic rings. The molecule has 0 aliphatic carbocycles. The fraction of sp³-hybridized carbons (Fsp3) is 0.316. The second-order valence-corrected chi connectivity index (χ2v) is 6.25. The van der Waals surface area contributed by atoms with Gasteiger partial charge >= 0.3 is 0 Å². The summed E-state index contributed by atoms with van der Waals surface area (Å²) in [4.78, 5) is 12.4.